The van der Waals surface area contributed by atoms with E-state index in [2.05, 4.69) is 58.5 Å². The molecule has 0 bridgehead atoms. The smallest absolute Gasteiger partial charge is 0.417 e. The number of esters is 6. The summed E-state index contributed by atoms with van der Waals surface area (Å²) in [6.07, 6.45) is -10.2. The minimum atomic E-state index is -1.91. The topological polar surface area (TPSA) is 669 Å². The fraction of sp³-hybridized carbons (Fsp3) is 0.713. The Kier molecular flexibility index (Phi) is 50.8. The first-order valence-corrected chi connectivity index (χ1v) is 45.2. The normalized spacial score (nSPS) is 24.6. The molecule has 15 N–H and O–H groups in total. The lowest BCUT2D eigenvalue weighted by Gasteiger charge is -2.44. The molecule has 0 aromatic carbocycles. The Bertz CT molecular complexity index is 4160. The molecule has 0 aromatic rings. The quantitative estimate of drug-likeness (QED) is 0.0143. The second-order valence-corrected chi connectivity index (χ2v) is 34.3. The molecule has 4 heterocycles. The molecule has 4 aliphatic rings. The molecule has 49 nitrogen and oxygen atoms in total. The van der Waals surface area contributed by atoms with E-state index in [0.29, 0.717) is 4.90 Å². The molecule has 0 unspecified atom stereocenters. The van der Waals surface area contributed by atoms with Crippen LogP contribution in [0.3, 0.4) is 0 Å². The number of amides is 15. The number of nitrogens with one attached hydrogen (secondary N) is 11. The van der Waals surface area contributed by atoms with Crippen LogP contribution in [0.4, 0.5) is 14.4 Å². The van der Waals surface area contributed by atoms with E-state index < -0.39 is 273 Å². The Labute approximate surface area is 788 Å². The van der Waals surface area contributed by atoms with Gasteiger partial charge in [0.05, 0.1) is 19.8 Å². The van der Waals surface area contributed by atoms with Crippen molar-refractivity contribution in [2.24, 2.45) is 23.3 Å². The number of unbranched alkanes of at least 4 members (excludes halogenated alkanes) is 3. The molecule has 764 valence electrons. The number of hydrogen-bond acceptors (Lipinski definition) is 35. The Morgan fingerprint density at radius 2 is 0.956 bits per heavy atom. The summed E-state index contributed by atoms with van der Waals surface area (Å²) in [5.41, 5.74) is 9.87. The third-order valence-corrected chi connectivity index (χ3v) is 20.6. The van der Waals surface area contributed by atoms with E-state index in [0.717, 1.165) is 55.4 Å². The minimum absolute atomic E-state index is 0.00234. The minimum Gasteiger partial charge on any atom is -0.463 e. The van der Waals surface area contributed by atoms with E-state index in [1.807, 2.05) is 0 Å². The van der Waals surface area contributed by atoms with Gasteiger partial charge in [-0.2, -0.15) is 0 Å². The van der Waals surface area contributed by atoms with E-state index in [1.165, 1.54) is 63.8 Å². The number of primary amides is 1. The van der Waals surface area contributed by atoms with Gasteiger partial charge in [0.25, 0.3) is 5.91 Å². The van der Waals surface area contributed by atoms with Gasteiger partial charge in [0, 0.05) is 94.4 Å². The van der Waals surface area contributed by atoms with Gasteiger partial charge in [-0.15, -0.1) is 0 Å². The highest BCUT2D eigenvalue weighted by Gasteiger charge is 2.54. The van der Waals surface area contributed by atoms with Gasteiger partial charge < -0.3 is 136 Å². The summed E-state index contributed by atoms with van der Waals surface area (Å²) in [4.78, 5) is 286. The van der Waals surface area contributed by atoms with Crippen LogP contribution < -0.4 is 70.0 Å². The molecule has 17 atom stereocenters. The Balaban J connectivity index is 1.74. The van der Waals surface area contributed by atoms with Crippen molar-refractivity contribution < 1.29 is 162 Å². The monoisotopic (exact) mass is 1940 g/mol. The van der Waals surface area contributed by atoms with Crippen LogP contribution in [0.25, 0.3) is 0 Å². The van der Waals surface area contributed by atoms with Crippen molar-refractivity contribution in [3.63, 3.8) is 0 Å². The van der Waals surface area contributed by atoms with E-state index in [1.54, 1.807) is 13.8 Å². The van der Waals surface area contributed by atoms with Crippen LogP contribution in [0.15, 0.2) is 24.3 Å². The van der Waals surface area contributed by atoms with Crippen LogP contribution in [0.5, 0.6) is 0 Å². The molecule has 0 saturated carbocycles. The lowest BCUT2D eigenvalue weighted by atomic mass is 9.96. The maximum absolute atomic E-state index is 15.6. The molecule has 15 amide bonds. The number of rotatable bonds is 43. The summed E-state index contributed by atoms with van der Waals surface area (Å²) < 4.78 is 72.4. The van der Waals surface area contributed by atoms with Gasteiger partial charge in [0.2, 0.25) is 65.0 Å². The number of alkyl carbamates (subject to hydrolysis) is 2. The molecule has 4 aliphatic heterocycles. The maximum Gasteiger partial charge on any atom is 0.417 e. The number of ether oxygens (including phenoxy) is 13. The molecule has 136 heavy (non-hydrogen) atoms. The summed E-state index contributed by atoms with van der Waals surface area (Å²) in [5.74, 6) is -16.8. The standard InChI is InChI=1S/C87H137N15O34/c1-47(2)43-60-76(115)99-59(31-32-66(112)90-37-33-65(89)111)81(120)102(86(123)136-87(13,14)15)62(29-16-19-34-88)78(117)100-68(48(3)4)79(118)97-57(27-17-20-35-91-84(121)126-41-24-22-39-124-82-69(94-49(5)103)73(132-55(11)109)71(130-53(9)107)63(134-82)45-128-51(7)105)75(114)98-58(80(119)101-38-26-30-61(101)77(116)93-44-67(113)96-60)28-18-21-36-92-85(122)127-42-25-23-40-125-83-70(95-50(6)104)74(133-56(12)110)72(131-54(10)108)64(135-83)46-129-52(8)106/h22-25,47-48,57-64,68-74,82-83H,16-21,26-46,88H2,1-15H3,(H2,89,111)(H,90,112)(H,91,121)(H,92,122)(H,93,116)(H,94,103)(H,95,104)(H,96,113)(H,97,118)(H,98,114)(H,99,115)(H,100,117)/b24-22-,25-23-/t57-,58+,59-,60-,61-,62-,63+,64+,68-,69+,70+,71+,72+,73+,74+,82+,83+/m0/s1. The summed E-state index contributed by atoms with van der Waals surface area (Å²) in [5, 5.41) is 28.6. The van der Waals surface area contributed by atoms with Crippen LogP contribution in [-0.4, -0.2) is 323 Å². The Morgan fingerprint density at radius 1 is 0.493 bits per heavy atom. The Morgan fingerprint density at radius 3 is 1.41 bits per heavy atom. The van der Waals surface area contributed by atoms with E-state index in [4.69, 9.17) is 73.0 Å². The molecule has 4 saturated heterocycles. The van der Waals surface area contributed by atoms with E-state index in [9.17, 15) is 76.7 Å². The SMILES string of the molecule is CC(=O)N[C@H]1[C@H](OC/C=C\COC(=O)NCCCC[C@@H]2NC(=O)[C@H](C(C)C)NC(=O)[C@H](CCCCN)N(C(=O)OC(C)(C)C)C(=O)[C@H](CCC(=O)NCCC(N)=O)NC(=O)[C@H](CC(C)C)NC(=O)CNC(=O)[C@@H]3CCCN3C(=O)[C@@H](CCCCNC(=O)OC/C=C\CO[C@@H]3O[C@H](COC(C)=O)[C@@H](OC(C)=O)[C@H](OC(C)=O)[C@H]3NC(C)=O)NC2=O)O[C@H](COC(C)=O)[C@@H](OC(C)=O)[C@@H]1OC(C)=O. The third kappa shape index (κ3) is 42.8. The molecular weight excluding hydrogens is 1800 g/mol. The number of imide groups is 1. The number of carbonyl (C=O) groups excluding carboxylic acids is 21. The number of fused-ring (bicyclic) bond motifs is 1. The van der Waals surface area contributed by atoms with Gasteiger partial charge >= 0.3 is 54.1 Å². The van der Waals surface area contributed by atoms with Gasteiger partial charge in [-0.05, 0) is 135 Å². The van der Waals surface area contributed by atoms with Gasteiger partial charge in [0.1, 0.15) is 98.6 Å². The third-order valence-electron chi connectivity index (χ3n) is 20.6. The first-order chi connectivity index (χ1) is 64.1. The zero-order valence-electron chi connectivity index (χ0n) is 79.8. The predicted octanol–water partition coefficient (Wildman–Crippen LogP) is -1.48. The fourth-order valence-electron chi connectivity index (χ4n) is 14.6. The molecule has 0 aromatic heterocycles. The van der Waals surface area contributed by atoms with Crippen LogP contribution in [0.1, 0.15) is 200 Å². The predicted molar refractivity (Wildman–Crippen MR) is 472 cm³/mol. The number of nitrogens with zero attached hydrogens (tertiary/aromatic N) is 2. The molecule has 0 radical (unpaired) electrons. The maximum atomic E-state index is 15.6. The van der Waals surface area contributed by atoms with Gasteiger partial charge in [-0.3, -0.25) is 86.3 Å². The lowest BCUT2D eigenvalue weighted by molar-refractivity contribution is -0.275. The van der Waals surface area contributed by atoms with E-state index >= 15 is 24.0 Å². The van der Waals surface area contributed by atoms with Crippen molar-refractivity contribution in [1.29, 1.82) is 0 Å². The first-order valence-electron chi connectivity index (χ1n) is 45.2. The number of carbonyl (C=O) groups is 21. The second-order valence-electron chi connectivity index (χ2n) is 34.3. The van der Waals surface area contributed by atoms with Crippen molar-refractivity contribution >= 4 is 125 Å². The molecule has 0 aliphatic carbocycles. The molecule has 4 rings (SSSR count). The average molecular weight is 1940 g/mol. The van der Waals surface area contributed by atoms with Crippen molar-refractivity contribution in [3.8, 4) is 0 Å². The van der Waals surface area contributed by atoms with Crippen LogP contribution >= 0.6 is 0 Å². The second kappa shape index (κ2) is 59.6. The average Bonchev–Trinajstić information content (AvgIpc) is 0.956. The molecule has 49 heteroatoms. The zero-order chi connectivity index (χ0) is 102. The first kappa shape index (κ1) is 116. The zero-order valence-corrected chi connectivity index (χ0v) is 79.8. The lowest BCUT2D eigenvalue weighted by Crippen LogP contribution is -2.66. The van der Waals surface area contributed by atoms with Crippen LogP contribution in [0, 0.1) is 11.8 Å². The Hall–Kier alpha value is -12.2. The highest BCUT2D eigenvalue weighted by molar-refractivity contribution is 6.04. The van der Waals surface area contributed by atoms with Crippen molar-refractivity contribution in [2.45, 2.75) is 309 Å². The van der Waals surface area contributed by atoms with Crippen molar-refractivity contribution in [3.05, 3.63) is 24.3 Å². The fourth-order valence-corrected chi connectivity index (χ4v) is 14.6. The molecule has 0 spiro atoms. The van der Waals surface area contributed by atoms with Crippen molar-refractivity contribution in [2.75, 3.05) is 78.9 Å². The van der Waals surface area contributed by atoms with Crippen molar-refractivity contribution in [1.82, 2.24) is 68.3 Å². The van der Waals surface area contributed by atoms with Crippen LogP contribution in [-0.2, 0) is 148 Å². The molecule has 4 fully saturated rings. The van der Waals surface area contributed by atoms with E-state index in [-0.39, 0.29) is 149 Å². The van der Waals surface area contributed by atoms with Gasteiger partial charge in [-0.1, -0.05) is 39.8 Å². The highest BCUT2D eigenvalue weighted by Crippen LogP contribution is 2.31. The largest absolute Gasteiger partial charge is 0.463 e. The summed E-state index contributed by atoms with van der Waals surface area (Å²) in [6, 6.07) is -13.9. The number of nitrogens with two attached hydrogens (primary N) is 2. The molecular formula is C87H137N15O34. The highest BCUT2D eigenvalue weighted by atomic mass is 16.7. The van der Waals surface area contributed by atoms with Crippen LogP contribution in [0.2, 0.25) is 0 Å². The van der Waals surface area contributed by atoms with Gasteiger partial charge in [0.15, 0.2) is 37.0 Å². The summed E-state index contributed by atoms with van der Waals surface area (Å²) in [7, 11) is 0. The summed E-state index contributed by atoms with van der Waals surface area (Å²) >= 11 is 0. The summed E-state index contributed by atoms with van der Waals surface area (Å²) in [6.45, 7) is 16.2. The van der Waals surface area contributed by atoms with Gasteiger partial charge in [-0.25, -0.2) is 19.3 Å². The number of hydrogen-bond donors (Lipinski definition) is 13.